The highest BCUT2D eigenvalue weighted by molar-refractivity contribution is 9.10. The van der Waals surface area contributed by atoms with Crippen molar-refractivity contribution in [2.45, 2.75) is 26.6 Å². The topological polar surface area (TPSA) is 64.2 Å². The molecule has 0 saturated carbocycles. The number of ether oxygens (including phenoxy) is 2. The molecule has 0 fully saturated rings. The third kappa shape index (κ3) is 3.13. The molecule has 16 heavy (non-hydrogen) atoms. The Morgan fingerprint density at radius 2 is 2.25 bits per heavy atom. The van der Waals surface area contributed by atoms with E-state index in [0.29, 0.717) is 22.6 Å². The predicted octanol–water partition coefficient (Wildman–Crippen LogP) is 1.78. The first kappa shape index (κ1) is 13.3. The van der Waals surface area contributed by atoms with Gasteiger partial charge < -0.3 is 14.5 Å². The zero-order chi connectivity index (χ0) is 12.1. The van der Waals surface area contributed by atoms with Crippen LogP contribution < -0.4 is 5.56 Å². The Kier molecular flexibility index (Phi) is 5.11. The summed E-state index contributed by atoms with van der Waals surface area (Å²) in [6, 6.07) is 0. The number of hydrogen-bond donors (Lipinski definition) is 1. The lowest BCUT2D eigenvalue weighted by Crippen LogP contribution is -2.18. The lowest BCUT2D eigenvalue weighted by atomic mass is 10.3. The van der Waals surface area contributed by atoms with Crippen LogP contribution >= 0.6 is 15.9 Å². The summed E-state index contributed by atoms with van der Waals surface area (Å²) in [4.78, 5) is 18.5. The van der Waals surface area contributed by atoms with Gasteiger partial charge >= 0.3 is 0 Å². The molecule has 0 aliphatic rings. The Labute approximate surface area is 102 Å². The molecule has 0 aliphatic heterocycles. The second-order valence-electron chi connectivity index (χ2n) is 3.24. The standard InChI is InChI=1S/C10H15BrN2O3/c1-4-16-6(2)9-12-7(5-15-3)8(11)10(14)13-9/h6H,4-5H2,1-3H3,(H,12,13,14). The van der Waals surface area contributed by atoms with E-state index in [4.69, 9.17) is 9.47 Å². The highest BCUT2D eigenvalue weighted by atomic mass is 79.9. The van der Waals surface area contributed by atoms with Crippen LogP contribution in [0.4, 0.5) is 0 Å². The molecule has 0 radical (unpaired) electrons. The van der Waals surface area contributed by atoms with Crippen molar-refractivity contribution in [2.75, 3.05) is 13.7 Å². The van der Waals surface area contributed by atoms with Gasteiger partial charge in [-0.2, -0.15) is 0 Å². The van der Waals surface area contributed by atoms with Gasteiger partial charge in [0.1, 0.15) is 16.4 Å². The van der Waals surface area contributed by atoms with Crippen LogP contribution in [0.25, 0.3) is 0 Å². The lowest BCUT2D eigenvalue weighted by Gasteiger charge is -2.12. The Balaban J connectivity index is 3.08. The lowest BCUT2D eigenvalue weighted by molar-refractivity contribution is 0.0692. The van der Waals surface area contributed by atoms with Crippen LogP contribution in [0, 0.1) is 0 Å². The summed E-state index contributed by atoms with van der Waals surface area (Å²) in [7, 11) is 1.56. The molecule has 6 heteroatoms. The van der Waals surface area contributed by atoms with Crippen molar-refractivity contribution in [3.63, 3.8) is 0 Å². The molecular formula is C10H15BrN2O3. The Morgan fingerprint density at radius 1 is 1.56 bits per heavy atom. The van der Waals surface area contributed by atoms with E-state index in [9.17, 15) is 4.79 Å². The van der Waals surface area contributed by atoms with Crippen molar-refractivity contribution in [2.24, 2.45) is 0 Å². The van der Waals surface area contributed by atoms with Gasteiger partial charge in [-0.1, -0.05) is 0 Å². The average Bonchev–Trinajstić information content (AvgIpc) is 2.25. The third-order valence-electron chi connectivity index (χ3n) is 2.03. The molecule has 1 aromatic rings. The van der Waals surface area contributed by atoms with E-state index < -0.39 is 0 Å². The van der Waals surface area contributed by atoms with Crippen LogP contribution in [-0.2, 0) is 16.1 Å². The van der Waals surface area contributed by atoms with Crippen molar-refractivity contribution in [1.82, 2.24) is 9.97 Å². The van der Waals surface area contributed by atoms with E-state index in [0.717, 1.165) is 0 Å². The molecule has 0 bridgehead atoms. The number of nitrogens with zero attached hydrogens (tertiary/aromatic N) is 1. The largest absolute Gasteiger partial charge is 0.378 e. The molecule has 1 heterocycles. The molecule has 0 aliphatic carbocycles. The number of methoxy groups -OCH3 is 1. The number of H-pyrrole nitrogens is 1. The molecule has 0 spiro atoms. The van der Waals surface area contributed by atoms with Gasteiger partial charge in [0.05, 0.1) is 12.3 Å². The van der Waals surface area contributed by atoms with E-state index in [1.807, 2.05) is 13.8 Å². The van der Waals surface area contributed by atoms with Crippen LogP contribution in [0.2, 0.25) is 0 Å². The zero-order valence-corrected chi connectivity index (χ0v) is 11.1. The molecule has 1 unspecified atom stereocenters. The first-order chi connectivity index (χ1) is 7.60. The highest BCUT2D eigenvalue weighted by Gasteiger charge is 2.13. The van der Waals surface area contributed by atoms with Gasteiger partial charge in [-0.3, -0.25) is 4.79 Å². The fourth-order valence-corrected chi connectivity index (χ4v) is 1.58. The number of aromatic amines is 1. The molecule has 0 aromatic carbocycles. The SMILES string of the molecule is CCOC(C)c1nc(COC)c(Br)c(=O)[nH]1. The normalized spacial score (nSPS) is 12.8. The fraction of sp³-hybridized carbons (Fsp3) is 0.600. The van der Waals surface area contributed by atoms with E-state index >= 15 is 0 Å². The molecule has 1 rings (SSSR count). The number of aromatic nitrogens is 2. The van der Waals surface area contributed by atoms with Crippen LogP contribution in [-0.4, -0.2) is 23.7 Å². The highest BCUT2D eigenvalue weighted by Crippen LogP contribution is 2.15. The summed E-state index contributed by atoms with van der Waals surface area (Å²) >= 11 is 3.18. The second-order valence-corrected chi connectivity index (χ2v) is 4.04. The summed E-state index contributed by atoms with van der Waals surface area (Å²) in [5, 5.41) is 0. The van der Waals surface area contributed by atoms with Crippen molar-refractivity contribution in [3.8, 4) is 0 Å². The van der Waals surface area contributed by atoms with Gasteiger partial charge in [-0.25, -0.2) is 4.98 Å². The summed E-state index contributed by atoms with van der Waals surface area (Å²) in [6.07, 6.45) is -0.235. The molecule has 1 atom stereocenters. The fourth-order valence-electron chi connectivity index (χ4n) is 1.28. The van der Waals surface area contributed by atoms with E-state index in [2.05, 4.69) is 25.9 Å². The van der Waals surface area contributed by atoms with Crippen LogP contribution in [0.15, 0.2) is 9.27 Å². The maximum atomic E-state index is 11.6. The average molecular weight is 291 g/mol. The first-order valence-corrected chi connectivity index (χ1v) is 5.78. The minimum atomic E-state index is -0.235. The van der Waals surface area contributed by atoms with Gasteiger partial charge in [0.2, 0.25) is 0 Å². The summed E-state index contributed by atoms with van der Waals surface area (Å²) in [6.45, 7) is 4.59. The van der Waals surface area contributed by atoms with Gasteiger partial charge in [-0.15, -0.1) is 0 Å². The number of halogens is 1. The van der Waals surface area contributed by atoms with E-state index in [1.54, 1.807) is 7.11 Å². The number of hydrogen-bond acceptors (Lipinski definition) is 4. The Hall–Kier alpha value is -0.720. The quantitative estimate of drug-likeness (QED) is 0.898. The number of nitrogens with one attached hydrogen (secondary N) is 1. The van der Waals surface area contributed by atoms with Crippen LogP contribution in [0.3, 0.4) is 0 Å². The summed E-state index contributed by atoms with van der Waals surface area (Å²) in [5.41, 5.74) is 0.358. The second kappa shape index (κ2) is 6.12. The molecule has 1 N–H and O–H groups in total. The third-order valence-corrected chi connectivity index (χ3v) is 2.85. The summed E-state index contributed by atoms with van der Waals surface area (Å²) < 4.78 is 10.7. The summed E-state index contributed by atoms with van der Waals surface area (Å²) in [5.74, 6) is 0.516. The predicted molar refractivity (Wildman–Crippen MR) is 63.3 cm³/mol. The van der Waals surface area contributed by atoms with Gasteiger partial charge in [0.25, 0.3) is 5.56 Å². The van der Waals surface area contributed by atoms with Gasteiger partial charge in [0.15, 0.2) is 0 Å². The van der Waals surface area contributed by atoms with Crippen molar-refractivity contribution >= 4 is 15.9 Å². The Morgan fingerprint density at radius 3 is 2.81 bits per heavy atom. The Bertz CT molecular complexity index is 406. The molecule has 5 nitrogen and oxygen atoms in total. The van der Waals surface area contributed by atoms with Crippen LogP contribution in [0.1, 0.15) is 31.5 Å². The van der Waals surface area contributed by atoms with Crippen LogP contribution in [0.5, 0.6) is 0 Å². The van der Waals surface area contributed by atoms with Crippen molar-refractivity contribution in [1.29, 1.82) is 0 Å². The maximum Gasteiger partial charge on any atom is 0.265 e. The van der Waals surface area contributed by atoms with Gasteiger partial charge in [0, 0.05) is 13.7 Å². The van der Waals surface area contributed by atoms with E-state index in [-0.39, 0.29) is 18.3 Å². The van der Waals surface area contributed by atoms with Crippen molar-refractivity contribution < 1.29 is 9.47 Å². The molecular weight excluding hydrogens is 276 g/mol. The minimum absolute atomic E-state index is 0.219. The molecule has 0 amide bonds. The first-order valence-electron chi connectivity index (χ1n) is 4.99. The minimum Gasteiger partial charge on any atom is -0.378 e. The number of rotatable bonds is 5. The van der Waals surface area contributed by atoms with Gasteiger partial charge in [-0.05, 0) is 29.8 Å². The van der Waals surface area contributed by atoms with Crippen molar-refractivity contribution in [3.05, 3.63) is 26.3 Å². The zero-order valence-electron chi connectivity index (χ0n) is 9.54. The maximum absolute atomic E-state index is 11.6. The molecule has 90 valence electrons. The smallest absolute Gasteiger partial charge is 0.265 e. The van der Waals surface area contributed by atoms with E-state index in [1.165, 1.54) is 0 Å². The molecule has 0 saturated heterocycles. The molecule has 1 aromatic heterocycles. The monoisotopic (exact) mass is 290 g/mol.